The summed E-state index contributed by atoms with van der Waals surface area (Å²) in [6, 6.07) is 4.52. The van der Waals surface area contributed by atoms with Gasteiger partial charge in [-0.3, -0.25) is 19.2 Å². The van der Waals surface area contributed by atoms with E-state index in [1.54, 1.807) is 30.3 Å². The summed E-state index contributed by atoms with van der Waals surface area (Å²) in [6.45, 7) is 0.821. The number of nitrogens with two attached hydrogens (primary N) is 2. The molecule has 0 bridgehead atoms. The molecule has 0 aliphatic carbocycles. The van der Waals surface area contributed by atoms with Crippen molar-refractivity contribution in [3.63, 3.8) is 0 Å². The smallest absolute Gasteiger partial charge is 0.326 e. The number of carboxylic acid groups (broad SMARTS) is 1. The van der Waals surface area contributed by atoms with Crippen LogP contribution in [0.1, 0.15) is 25.3 Å². The minimum absolute atomic E-state index is 0.0126. The molecule has 0 radical (unpaired) electrons. The van der Waals surface area contributed by atoms with Gasteiger partial charge in [-0.15, -0.1) is 0 Å². The van der Waals surface area contributed by atoms with Gasteiger partial charge in [-0.1, -0.05) is 30.3 Å². The highest BCUT2D eigenvalue weighted by molar-refractivity contribution is 5.94. The van der Waals surface area contributed by atoms with Gasteiger partial charge in [0.1, 0.15) is 18.1 Å². The van der Waals surface area contributed by atoms with Crippen LogP contribution >= 0.6 is 0 Å². The first-order chi connectivity index (χ1) is 15.0. The van der Waals surface area contributed by atoms with E-state index in [2.05, 4.69) is 16.0 Å². The third-order valence-electron chi connectivity index (χ3n) is 4.48. The van der Waals surface area contributed by atoms with Crippen molar-refractivity contribution < 1.29 is 34.2 Å². The molecule has 1 rings (SSSR count). The Hall–Kier alpha value is -3.51. The Morgan fingerprint density at radius 1 is 0.969 bits per heavy atom. The highest BCUT2D eigenvalue weighted by Crippen LogP contribution is 2.06. The van der Waals surface area contributed by atoms with Crippen LogP contribution in [-0.4, -0.2) is 70.6 Å². The molecule has 4 unspecified atom stereocenters. The number of carbonyl (C=O) groups excluding carboxylic acids is 4. The zero-order chi connectivity index (χ0) is 24.3. The second-order valence-corrected chi connectivity index (χ2v) is 7.15. The van der Waals surface area contributed by atoms with E-state index in [0.29, 0.717) is 5.56 Å². The molecular formula is C20H29N5O7. The number of hydrogen-bond donors (Lipinski definition) is 7. The molecule has 1 aromatic rings. The molecule has 0 aromatic heterocycles. The van der Waals surface area contributed by atoms with E-state index < -0.39 is 60.4 Å². The fraction of sp³-hybridized carbons (Fsp3) is 0.450. The SMILES string of the molecule is CC(O)C(NC(=O)CN)C(=O)NC(CCC(N)=O)C(=O)NC(Cc1ccccc1)C(=O)O. The number of amides is 4. The summed E-state index contributed by atoms with van der Waals surface area (Å²) in [5.74, 6) is -4.52. The van der Waals surface area contributed by atoms with Crippen molar-refractivity contribution in [2.24, 2.45) is 11.5 Å². The topological polar surface area (TPSA) is 214 Å². The van der Waals surface area contributed by atoms with Gasteiger partial charge in [0.25, 0.3) is 0 Å². The van der Waals surface area contributed by atoms with Crippen LogP contribution < -0.4 is 27.4 Å². The van der Waals surface area contributed by atoms with E-state index in [9.17, 15) is 34.2 Å². The van der Waals surface area contributed by atoms with Gasteiger partial charge >= 0.3 is 5.97 Å². The molecule has 4 atom stereocenters. The fourth-order valence-corrected chi connectivity index (χ4v) is 2.78. The summed E-state index contributed by atoms with van der Waals surface area (Å²) >= 11 is 0. The van der Waals surface area contributed by atoms with Gasteiger partial charge in [0, 0.05) is 12.8 Å². The van der Waals surface area contributed by atoms with Crippen molar-refractivity contribution in [1.29, 1.82) is 0 Å². The van der Waals surface area contributed by atoms with Crippen LogP contribution in [0.5, 0.6) is 0 Å². The molecule has 4 amide bonds. The van der Waals surface area contributed by atoms with E-state index in [4.69, 9.17) is 11.5 Å². The number of hydrogen-bond acceptors (Lipinski definition) is 7. The lowest BCUT2D eigenvalue weighted by Gasteiger charge is -2.25. The Morgan fingerprint density at radius 3 is 2.06 bits per heavy atom. The third kappa shape index (κ3) is 9.10. The molecule has 176 valence electrons. The number of primary amides is 1. The van der Waals surface area contributed by atoms with Gasteiger partial charge in [0.05, 0.1) is 12.6 Å². The van der Waals surface area contributed by atoms with E-state index in [1.807, 2.05) is 0 Å². The normalized spacial score (nSPS) is 14.3. The van der Waals surface area contributed by atoms with Crippen molar-refractivity contribution in [2.75, 3.05) is 6.54 Å². The van der Waals surface area contributed by atoms with Crippen molar-refractivity contribution in [3.8, 4) is 0 Å². The minimum atomic E-state index is -1.42. The zero-order valence-corrected chi connectivity index (χ0v) is 17.6. The maximum atomic E-state index is 12.8. The van der Waals surface area contributed by atoms with Gasteiger partial charge < -0.3 is 37.6 Å². The van der Waals surface area contributed by atoms with Crippen molar-refractivity contribution >= 4 is 29.6 Å². The molecule has 0 fully saturated rings. The monoisotopic (exact) mass is 451 g/mol. The average Bonchev–Trinajstić information content (AvgIpc) is 2.74. The summed E-state index contributed by atoms with van der Waals surface area (Å²) in [4.78, 5) is 59.7. The summed E-state index contributed by atoms with van der Waals surface area (Å²) in [7, 11) is 0. The zero-order valence-electron chi connectivity index (χ0n) is 17.6. The number of aliphatic carboxylic acids is 1. The number of nitrogens with one attached hydrogen (secondary N) is 3. The lowest BCUT2D eigenvalue weighted by atomic mass is 10.0. The molecule has 9 N–H and O–H groups in total. The van der Waals surface area contributed by atoms with Gasteiger partial charge in [-0.2, -0.15) is 0 Å². The second-order valence-electron chi connectivity index (χ2n) is 7.15. The van der Waals surface area contributed by atoms with Crippen LogP contribution in [0.4, 0.5) is 0 Å². The Morgan fingerprint density at radius 2 is 1.56 bits per heavy atom. The molecule has 0 heterocycles. The van der Waals surface area contributed by atoms with Crippen molar-refractivity contribution in [2.45, 2.75) is 50.4 Å². The highest BCUT2D eigenvalue weighted by atomic mass is 16.4. The van der Waals surface area contributed by atoms with Gasteiger partial charge in [0.2, 0.25) is 23.6 Å². The number of carbonyl (C=O) groups is 5. The highest BCUT2D eigenvalue weighted by Gasteiger charge is 2.31. The molecule has 0 spiro atoms. The Kier molecular flexibility index (Phi) is 10.8. The summed E-state index contributed by atoms with van der Waals surface area (Å²) in [5, 5.41) is 26.2. The number of aliphatic hydroxyl groups is 1. The molecular weight excluding hydrogens is 422 g/mol. The number of carboxylic acids is 1. The summed E-state index contributed by atoms with van der Waals surface area (Å²) < 4.78 is 0. The molecule has 32 heavy (non-hydrogen) atoms. The maximum absolute atomic E-state index is 12.8. The number of aliphatic hydroxyl groups excluding tert-OH is 1. The fourth-order valence-electron chi connectivity index (χ4n) is 2.78. The standard InChI is InChI=1S/C20H29N5O7/c1-11(26)17(25-16(28)10-21)19(30)23-13(7-8-15(22)27)18(29)24-14(20(31)32)9-12-5-3-2-4-6-12/h2-6,11,13-14,17,26H,7-10,21H2,1H3,(H2,22,27)(H,23,30)(H,24,29)(H,25,28)(H,31,32). The lowest BCUT2D eigenvalue weighted by molar-refractivity contribution is -0.142. The van der Waals surface area contributed by atoms with E-state index in [0.717, 1.165) is 0 Å². The summed E-state index contributed by atoms with van der Waals surface area (Å²) in [5.41, 5.74) is 11.0. The minimum Gasteiger partial charge on any atom is -0.480 e. The van der Waals surface area contributed by atoms with Crippen LogP contribution in [0.15, 0.2) is 30.3 Å². The van der Waals surface area contributed by atoms with Crippen LogP contribution in [-0.2, 0) is 30.4 Å². The van der Waals surface area contributed by atoms with Gasteiger partial charge in [0.15, 0.2) is 0 Å². The molecule has 1 aromatic carbocycles. The molecule has 0 aliphatic rings. The maximum Gasteiger partial charge on any atom is 0.326 e. The number of benzene rings is 1. The predicted octanol–water partition coefficient (Wildman–Crippen LogP) is -2.63. The largest absolute Gasteiger partial charge is 0.480 e. The van der Waals surface area contributed by atoms with Crippen LogP contribution in [0.25, 0.3) is 0 Å². The van der Waals surface area contributed by atoms with E-state index in [-0.39, 0.29) is 19.3 Å². The van der Waals surface area contributed by atoms with Gasteiger partial charge in [-0.05, 0) is 18.9 Å². The van der Waals surface area contributed by atoms with Crippen LogP contribution in [0, 0.1) is 0 Å². The van der Waals surface area contributed by atoms with Gasteiger partial charge in [-0.25, -0.2) is 4.79 Å². The molecule has 12 heteroatoms. The first-order valence-corrected chi connectivity index (χ1v) is 9.88. The second kappa shape index (κ2) is 13.0. The average molecular weight is 451 g/mol. The molecule has 0 aliphatic heterocycles. The quantitative estimate of drug-likeness (QED) is 0.168. The first-order valence-electron chi connectivity index (χ1n) is 9.88. The third-order valence-corrected chi connectivity index (χ3v) is 4.48. The van der Waals surface area contributed by atoms with Crippen LogP contribution in [0.2, 0.25) is 0 Å². The lowest BCUT2D eigenvalue weighted by Crippen LogP contribution is -2.59. The van der Waals surface area contributed by atoms with E-state index in [1.165, 1.54) is 6.92 Å². The molecule has 0 saturated heterocycles. The van der Waals surface area contributed by atoms with E-state index >= 15 is 0 Å². The van der Waals surface area contributed by atoms with Crippen molar-refractivity contribution in [1.82, 2.24) is 16.0 Å². The number of rotatable bonds is 13. The molecule has 12 nitrogen and oxygen atoms in total. The summed E-state index contributed by atoms with van der Waals surface area (Å²) in [6.07, 6.45) is -1.83. The first kappa shape index (κ1) is 26.5. The predicted molar refractivity (Wildman–Crippen MR) is 113 cm³/mol. The Bertz CT molecular complexity index is 816. The Balaban J connectivity index is 2.98. The van der Waals surface area contributed by atoms with Crippen LogP contribution in [0.3, 0.4) is 0 Å². The Labute approximate surface area is 184 Å². The molecule has 0 saturated carbocycles. The van der Waals surface area contributed by atoms with Crippen molar-refractivity contribution in [3.05, 3.63) is 35.9 Å².